The topological polar surface area (TPSA) is 35.5 Å². The number of ether oxygens (including phenoxy) is 1. The molecule has 0 bridgehead atoms. The fourth-order valence-electron chi connectivity index (χ4n) is 2.12. The van der Waals surface area contributed by atoms with Crippen molar-refractivity contribution in [2.45, 2.75) is 84.9 Å². The Balaban J connectivity index is 5.44. The van der Waals surface area contributed by atoms with E-state index in [0.717, 1.165) is 24.8 Å². The maximum atomic E-state index is 11.5. The second-order valence-electron chi connectivity index (χ2n) is 7.89. The molecule has 24 heavy (non-hydrogen) atoms. The lowest BCUT2D eigenvalue weighted by Gasteiger charge is -2.36. The predicted molar refractivity (Wildman–Crippen MR) is 106 cm³/mol. The Hall–Kier alpha value is -0.873. The monoisotopic (exact) mass is 354 g/mol. The van der Waals surface area contributed by atoms with Gasteiger partial charge in [-0.2, -0.15) is 0 Å². The molecule has 0 aliphatic rings. The second-order valence-corrected chi connectivity index (χ2v) is 12.7. The molecule has 0 amide bonds. The van der Waals surface area contributed by atoms with Gasteiger partial charge >= 0.3 is 5.97 Å². The Morgan fingerprint density at radius 3 is 2.12 bits per heavy atom. The molecule has 140 valence electrons. The molecule has 0 radical (unpaired) electrons. The third kappa shape index (κ3) is 8.29. The van der Waals surface area contributed by atoms with Crippen LogP contribution in [-0.4, -0.2) is 28.0 Å². The van der Waals surface area contributed by atoms with Crippen LogP contribution in [-0.2, 0) is 14.0 Å². The number of rotatable bonds is 10. The van der Waals surface area contributed by atoms with Crippen LogP contribution in [0.4, 0.5) is 0 Å². The summed E-state index contributed by atoms with van der Waals surface area (Å²) in [6.07, 6.45) is 9.00. The maximum Gasteiger partial charge on any atom is 0.330 e. The summed E-state index contributed by atoms with van der Waals surface area (Å²) in [5.74, 6) is -0.314. The molecule has 0 aliphatic carbocycles. The normalized spacial score (nSPS) is 14.0. The molecule has 0 aliphatic heterocycles. The van der Waals surface area contributed by atoms with Gasteiger partial charge in [0, 0.05) is 6.08 Å². The van der Waals surface area contributed by atoms with Crippen LogP contribution in [0.2, 0.25) is 18.1 Å². The quantitative estimate of drug-likeness (QED) is 0.208. The van der Waals surface area contributed by atoms with Gasteiger partial charge in [-0.25, -0.2) is 4.79 Å². The van der Waals surface area contributed by atoms with E-state index in [1.807, 2.05) is 6.08 Å². The highest BCUT2D eigenvalue weighted by Crippen LogP contribution is 2.37. The van der Waals surface area contributed by atoms with E-state index in [-0.39, 0.29) is 11.0 Å². The first-order chi connectivity index (χ1) is 11.1. The van der Waals surface area contributed by atoms with E-state index < -0.39 is 8.32 Å². The molecule has 0 saturated heterocycles. The summed E-state index contributed by atoms with van der Waals surface area (Å²) in [5, 5.41) is 0.179. The molecule has 0 atom stereocenters. The summed E-state index contributed by atoms with van der Waals surface area (Å²) in [6, 6.07) is 0. The molecule has 0 aromatic carbocycles. The van der Waals surface area contributed by atoms with Gasteiger partial charge < -0.3 is 9.16 Å². The van der Waals surface area contributed by atoms with Crippen LogP contribution >= 0.6 is 0 Å². The van der Waals surface area contributed by atoms with Crippen molar-refractivity contribution in [2.24, 2.45) is 0 Å². The Morgan fingerprint density at radius 2 is 1.67 bits per heavy atom. The number of esters is 1. The molecule has 0 rings (SSSR count). The van der Waals surface area contributed by atoms with Crippen molar-refractivity contribution >= 4 is 14.3 Å². The average Bonchev–Trinajstić information content (AvgIpc) is 2.50. The van der Waals surface area contributed by atoms with Gasteiger partial charge in [-0.1, -0.05) is 53.0 Å². The van der Waals surface area contributed by atoms with Gasteiger partial charge in [0.2, 0.25) is 0 Å². The molecular formula is C20H38O3Si. The van der Waals surface area contributed by atoms with E-state index in [9.17, 15) is 4.79 Å². The standard InChI is InChI=1S/C20H38O3Si/c1-9-11-13-17(12-10-2)18(14-15-19(21)22-6)16-23-24(7,8)20(3,4)5/h14-15H,9-13,16H2,1-8H3/b15-14+,18-17+. The van der Waals surface area contributed by atoms with Gasteiger partial charge in [0.15, 0.2) is 8.32 Å². The average molecular weight is 355 g/mol. The van der Waals surface area contributed by atoms with Crippen LogP contribution in [0.15, 0.2) is 23.3 Å². The molecule has 0 unspecified atom stereocenters. The third-order valence-corrected chi connectivity index (χ3v) is 9.33. The van der Waals surface area contributed by atoms with Crippen molar-refractivity contribution in [1.29, 1.82) is 0 Å². The molecule has 0 saturated carbocycles. The summed E-state index contributed by atoms with van der Waals surface area (Å²) in [5.41, 5.74) is 2.57. The minimum absolute atomic E-state index is 0.179. The second kappa shape index (κ2) is 10.9. The van der Waals surface area contributed by atoms with Gasteiger partial charge in [0.1, 0.15) is 0 Å². The minimum Gasteiger partial charge on any atom is -0.466 e. The van der Waals surface area contributed by atoms with Crippen LogP contribution in [0.1, 0.15) is 66.7 Å². The zero-order valence-electron chi connectivity index (χ0n) is 17.1. The fourth-order valence-corrected chi connectivity index (χ4v) is 3.07. The molecule has 0 fully saturated rings. The lowest BCUT2D eigenvalue weighted by atomic mass is 9.98. The van der Waals surface area contributed by atoms with Crippen LogP contribution < -0.4 is 0 Å². The Morgan fingerprint density at radius 1 is 1.04 bits per heavy atom. The zero-order valence-corrected chi connectivity index (χ0v) is 18.1. The van der Waals surface area contributed by atoms with Crippen molar-refractivity contribution in [3.63, 3.8) is 0 Å². The molecule has 0 aromatic rings. The van der Waals surface area contributed by atoms with Crippen LogP contribution in [0.3, 0.4) is 0 Å². The van der Waals surface area contributed by atoms with Crippen molar-refractivity contribution in [3.05, 3.63) is 23.3 Å². The highest BCUT2D eigenvalue weighted by Gasteiger charge is 2.37. The number of carbonyl (C=O) groups is 1. The first-order valence-electron chi connectivity index (χ1n) is 9.19. The molecule has 3 nitrogen and oxygen atoms in total. The van der Waals surface area contributed by atoms with Crippen LogP contribution in [0, 0.1) is 0 Å². The number of methoxy groups -OCH3 is 1. The molecule has 0 N–H and O–H groups in total. The van der Waals surface area contributed by atoms with E-state index in [2.05, 4.69) is 47.7 Å². The van der Waals surface area contributed by atoms with Crippen molar-refractivity contribution in [2.75, 3.05) is 13.7 Å². The van der Waals surface area contributed by atoms with Crippen molar-refractivity contribution in [3.8, 4) is 0 Å². The first-order valence-corrected chi connectivity index (χ1v) is 12.1. The van der Waals surface area contributed by atoms with Crippen LogP contribution in [0.5, 0.6) is 0 Å². The van der Waals surface area contributed by atoms with E-state index >= 15 is 0 Å². The lowest BCUT2D eigenvalue weighted by Crippen LogP contribution is -2.41. The van der Waals surface area contributed by atoms with E-state index in [1.165, 1.54) is 31.6 Å². The SMILES string of the molecule is CCCC/C(CCC)=C(\C=C\C(=O)OC)CO[Si](C)(C)C(C)(C)C. The molecule has 0 spiro atoms. The first kappa shape index (κ1) is 23.1. The maximum absolute atomic E-state index is 11.5. The Kier molecular flexibility index (Phi) is 10.5. The van der Waals surface area contributed by atoms with Gasteiger partial charge in [0.25, 0.3) is 0 Å². The Labute approximate surface area is 150 Å². The smallest absolute Gasteiger partial charge is 0.330 e. The van der Waals surface area contributed by atoms with Crippen LogP contribution in [0.25, 0.3) is 0 Å². The van der Waals surface area contributed by atoms with E-state index in [0.29, 0.717) is 6.61 Å². The summed E-state index contributed by atoms with van der Waals surface area (Å²) in [7, 11) is -0.408. The summed E-state index contributed by atoms with van der Waals surface area (Å²) in [4.78, 5) is 11.5. The third-order valence-electron chi connectivity index (χ3n) is 4.85. The largest absolute Gasteiger partial charge is 0.466 e. The van der Waals surface area contributed by atoms with Crippen molar-refractivity contribution in [1.82, 2.24) is 0 Å². The molecule has 4 heteroatoms. The summed E-state index contributed by atoms with van der Waals surface area (Å²) in [6.45, 7) is 16.3. The van der Waals surface area contributed by atoms with Gasteiger partial charge in [-0.05, 0) is 49.0 Å². The van der Waals surface area contributed by atoms with Crippen molar-refractivity contribution < 1.29 is 14.0 Å². The Bertz CT molecular complexity index is 442. The number of carbonyl (C=O) groups excluding carboxylic acids is 1. The lowest BCUT2D eigenvalue weighted by molar-refractivity contribution is -0.134. The predicted octanol–water partition coefficient (Wildman–Crippen LogP) is 6.02. The molecular weight excluding hydrogens is 316 g/mol. The minimum atomic E-state index is -1.82. The summed E-state index contributed by atoms with van der Waals surface area (Å²) >= 11 is 0. The number of hydrogen-bond acceptors (Lipinski definition) is 3. The number of allylic oxidation sites excluding steroid dienone is 1. The fraction of sp³-hybridized carbons (Fsp3) is 0.750. The van der Waals surface area contributed by atoms with E-state index in [1.54, 1.807) is 0 Å². The summed E-state index contributed by atoms with van der Waals surface area (Å²) < 4.78 is 11.1. The van der Waals surface area contributed by atoms with Gasteiger partial charge in [-0.15, -0.1) is 0 Å². The number of hydrogen-bond donors (Lipinski definition) is 0. The highest BCUT2D eigenvalue weighted by atomic mass is 28.4. The zero-order chi connectivity index (χ0) is 18.8. The highest BCUT2D eigenvalue weighted by molar-refractivity contribution is 6.74. The van der Waals surface area contributed by atoms with Gasteiger partial charge in [0.05, 0.1) is 13.7 Å². The molecule has 0 heterocycles. The van der Waals surface area contributed by atoms with E-state index in [4.69, 9.17) is 9.16 Å². The molecule has 0 aromatic heterocycles. The number of unbranched alkanes of at least 4 members (excludes halogenated alkanes) is 1. The van der Waals surface area contributed by atoms with Gasteiger partial charge in [-0.3, -0.25) is 0 Å².